The van der Waals surface area contributed by atoms with E-state index in [2.05, 4.69) is 4.98 Å². The fraction of sp³-hybridized carbons (Fsp3) is 0.333. The van der Waals surface area contributed by atoms with E-state index in [1.165, 1.54) is 6.20 Å². The van der Waals surface area contributed by atoms with Gasteiger partial charge in [0.1, 0.15) is 5.56 Å². The fourth-order valence-corrected chi connectivity index (χ4v) is 1.23. The number of nitrogens with one attached hydrogen (secondary N) is 1. The van der Waals surface area contributed by atoms with E-state index in [-0.39, 0.29) is 5.56 Å². The van der Waals surface area contributed by atoms with Gasteiger partial charge in [0.05, 0.1) is 0 Å². The molecule has 0 saturated carbocycles. The van der Waals surface area contributed by atoms with Gasteiger partial charge in [0.15, 0.2) is 0 Å². The first-order valence-electron chi connectivity index (χ1n) is 4.10. The molecule has 1 aromatic heterocycles. The fourth-order valence-electron chi connectivity index (χ4n) is 1.23. The van der Waals surface area contributed by atoms with Crippen LogP contribution in [-0.2, 0) is 6.42 Å². The molecule has 13 heavy (non-hydrogen) atoms. The number of aromatic nitrogens is 1. The summed E-state index contributed by atoms with van der Waals surface area (Å²) in [5.41, 5.74) is -0.0680. The molecule has 0 saturated heterocycles. The number of hydrogen-bond donors (Lipinski definition) is 2. The molecule has 2 N–H and O–H groups in total. The lowest BCUT2D eigenvalue weighted by molar-refractivity contribution is 0.0693. The molecule has 0 spiro atoms. The highest BCUT2D eigenvalue weighted by molar-refractivity contribution is 5.88. The molecule has 1 aromatic rings. The Kier molecular flexibility index (Phi) is 2.84. The first-order valence-corrected chi connectivity index (χ1v) is 4.10. The van der Waals surface area contributed by atoms with Crippen molar-refractivity contribution in [2.24, 2.45) is 0 Å². The van der Waals surface area contributed by atoms with Gasteiger partial charge in [-0.05, 0) is 18.1 Å². The third kappa shape index (κ3) is 1.96. The summed E-state index contributed by atoms with van der Waals surface area (Å²) in [5.74, 6) is -1.16. The molecule has 1 heterocycles. The molecule has 0 aliphatic heterocycles. The molecule has 0 aliphatic carbocycles. The minimum atomic E-state index is -1.16. The van der Waals surface area contributed by atoms with Crippen molar-refractivity contribution in [1.29, 1.82) is 0 Å². The summed E-state index contributed by atoms with van der Waals surface area (Å²) in [6.07, 6.45) is 2.91. The van der Waals surface area contributed by atoms with Crippen LogP contribution in [0.4, 0.5) is 0 Å². The predicted molar refractivity (Wildman–Crippen MR) is 48.0 cm³/mol. The van der Waals surface area contributed by atoms with Gasteiger partial charge in [-0.3, -0.25) is 4.79 Å². The average molecular weight is 181 g/mol. The van der Waals surface area contributed by atoms with Gasteiger partial charge in [-0.2, -0.15) is 0 Å². The summed E-state index contributed by atoms with van der Waals surface area (Å²) in [5, 5.41) is 8.75. The van der Waals surface area contributed by atoms with Crippen LogP contribution < -0.4 is 5.56 Å². The molecule has 0 atom stereocenters. The predicted octanol–water partition coefficient (Wildman–Crippen LogP) is 1.03. The second-order valence-electron chi connectivity index (χ2n) is 2.76. The Morgan fingerprint density at radius 2 is 2.31 bits per heavy atom. The first-order chi connectivity index (χ1) is 6.16. The van der Waals surface area contributed by atoms with Crippen LogP contribution in [0.1, 0.15) is 29.3 Å². The number of carboxylic acids is 1. The Hall–Kier alpha value is -1.58. The monoisotopic (exact) mass is 181 g/mol. The zero-order chi connectivity index (χ0) is 9.84. The number of rotatable bonds is 3. The number of aromatic amines is 1. The Morgan fingerprint density at radius 3 is 2.85 bits per heavy atom. The van der Waals surface area contributed by atoms with Crippen molar-refractivity contribution >= 4 is 5.97 Å². The molecule has 70 valence electrons. The number of aromatic carboxylic acids is 1. The lowest BCUT2D eigenvalue weighted by atomic mass is 10.1. The summed E-state index contributed by atoms with van der Waals surface area (Å²) in [6.45, 7) is 1.94. The number of hydrogen-bond acceptors (Lipinski definition) is 2. The quantitative estimate of drug-likeness (QED) is 0.731. The number of aryl methyl sites for hydroxylation is 1. The van der Waals surface area contributed by atoms with Gasteiger partial charge in [0.25, 0.3) is 5.56 Å². The summed E-state index contributed by atoms with van der Waals surface area (Å²) in [6, 6.07) is 1.63. The highest BCUT2D eigenvalue weighted by Crippen LogP contribution is 2.05. The maximum atomic E-state index is 11.1. The number of carboxylic acid groups (broad SMARTS) is 1. The van der Waals surface area contributed by atoms with Gasteiger partial charge in [-0.1, -0.05) is 13.3 Å². The average Bonchev–Trinajstić information content (AvgIpc) is 2.04. The molecule has 0 bridgehead atoms. The Labute approximate surface area is 75.2 Å². The lowest BCUT2D eigenvalue weighted by Gasteiger charge is -2.01. The number of carbonyl (C=O) groups is 1. The molecule has 1 rings (SSSR count). The SMILES string of the molecule is CCCc1cc[nH]c(=O)c1C(=O)O. The first kappa shape index (κ1) is 9.51. The van der Waals surface area contributed by atoms with E-state index in [1.54, 1.807) is 6.07 Å². The Balaban J connectivity index is 3.26. The smallest absolute Gasteiger partial charge is 0.341 e. The van der Waals surface area contributed by atoms with Crippen LogP contribution in [0, 0.1) is 0 Å². The minimum absolute atomic E-state index is 0.135. The van der Waals surface area contributed by atoms with Crippen molar-refractivity contribution in [3.05, 3.63) is 33.7 Å². The van der Waals surface area contributed by atoms with Crippen LogP contribution in [0.2, 0.25) is 0 Å². The zero-order valence-corrected chi connectivity index (χ0v) is 7.33. The third-order valence-corrected chi connectivity index (χ3v) is 1.78. The maximum absolute atomic E-state index is 11.1. The highest BCUT2D eigenvalue weighted by atomic mass is 16.4. The molecule has 0 aromatic carbocycles. The van der Waals surface area contributed by atoms with Crippen molar-refractivity contribution < 1.29 is 9.90 Å². The van der Waals surface area contributed by atoms with E-state index in [1.807, 2.05) is 6.92 Å². The van der Waals surface area contributed by atoms with Gasteiger partial charge < -0.3 is 10.1 Å². The van der Waals surface area contributed by atoms with E-state index in [4.69, 9.17) is 5.11 Å². The van der Waals surface area contributed by atoms with Crippen LogP contribution in [0.5, 0.6) is 0 Å². The standard InChI is InChI=1S/C9H11NO3/c1-2-3-6-4-5-10-8(11)7(6)9(12)13/h4-5H,2-3H2,1H3,(H,10,11)(H,12,13). The van der Waals surface area contributed by atoms with Crippen LogP contribution in [0.15, 0.2) is 17.1 Å². The van der Waals surface area contributed by atoms with Crippen LogP contribution in [0.25, 0.3) is 0 Å². The van der Waals surface area contributed by atoms with Gasteiger partial charge in [0.2, 0.25) is 0 Å². The molecule has 0 amide bonds. The highest BCUT2D eigenvalue weighted by Gasteiger charge is 2.12. The van der Waals surface area contributed by atoms with E-state index in [9.17, 15) is 9.59 Å². The van der Waals surface area contributed by atoms with Crippen molar-refractivity contribution in [3.63, 3.8) is 0 Å². The summed E-state index contributed by atoms with van der Waals surface area (Å²) in [7, 11) is 0. The molecular formula is C9H11NO3. The van der Waals surface area contributed by atoms with Crippen molar-refractivity contribution in [2.45, 2.75) is 19.8 Å². The lowest BCUT2D eigenvalue weighted by Crippen LogP contribution is -2.19. The van der Waals surface area contributed by atoms with Crippen molar-refractivity contribution in [2.75, 3.05) is 0 Å². The zero-order valence-electron chi connectivity index (χ0n) is 7.33. The summed E-state index contributed by atoms with van der Waals surface area (Å²) >= 11 is 0. The van der Waals surface area contributed by atoms with Gasteiger partial charge in [0, 0.05) is 6.20 Å². The van der Waals surface area contributed by atoms with E-state index < -0.39 is 11.5 Å². The normalized spacial score (nSPS) is 9.92. The Morgan fingerprint density at radius 1 is 1.62 bits per heavy atom. The molecular weight excluding hydrogens is 170 g/mol. The second kappa shape index (κ2) is 3.89. The van der Waals surface area contributed by atoms with Crippen molar-refractivity contribution in [1.82, 2.24) is 4.98 Å². The molecule has 4 heteroatoms. The largest absolute Gasteiger partial charge is 0.477 e. The third-order valence-electron chi connectivity index (χ3n) is 1.78. The van der Waals surface area contributed by atoms with Gasteiger partial charge >= 0.3 is 5.97 Å². The van der Waals surface area contributed by atoms with Crippen LogP contribution in [0.3, 0.4) is 0 Å². The molecule has 0 unspecified atom stereocenters. The van der Waals surface area contributed by atoms with Crippen LogP contribution >= 0.6 is 0 Å². The molecule has 0 radical (unpaired) electrons. The maximum Gasteiger partial charge on any atom is 0.341 e. The number of H-pyrrole nitrogens is 1. The van der Waals surface area contributed by atoms with E-state index in [0.29, 0.717) is 12.0 Å². The van der Waals surface area contributed by atoms with E-state index in [0.717, 1.165) is 6.42 Å². The second-order valence-corrected chi connectivity index (χ2v) is 2.76. The van der Waals surface area contributed by atoms with Gasteiger partial charge in [-0.15, -0.1) is 0 Å². The topological polar surface area (TPSA) is 70.2 Å². The number of pyridine rings is 1. The minimum Gasteiger partial charge on any atom is -0.477 e. The summed E-state index contributed by atoms with van der Waals surface area (Å²) < 4.78 is 0. The molecule has 4 nitrogen and oxygen atoms in total. The van der Waals surface area contributed by atoms with E-state index >= 15 is 0 Å². The summed E-state index contributed by atoms with van der Waals surface area (Å²) in [4.78, 5) is 24.2. The Bertz CT molecular complexity index is 367. The van der Waals surface area contributed by atoms with Crippen molar-refractivity contribution in [3.8, 4) is 0 Å². The molecule has 0 fully saturated rings. The van der Waals surface area contributed by atoms with Crippen LogP contribution in [-0.4, -0.2) is 16.1 Å². The van der Waals surface area contributed by atoms with Gasteiger partial charge in [-0.25, -0.2) is 4.79 Å². The molecule has 0 aliphatic rings.